The van der Waals surface area contributed by atoms with Crippen LogP contribution in [0.25, 0.3) is 6.08 Å². The minimum Gasteiger partial charge on any atom is -0.490 e. The number of furan rings is 1. The van der Waals surface area contributed by atoms with Crippen LogP contribution in [-0.2, 0) is 9.59 Å². The van der Waals surface area contributed by atoms with Crippen molar-refractivity contribution in [1.29, 1.82) is 0 Å². The maximum atomic E-state index is 12.8. The van der Waals surface area contributed by atoms with E-state index in [1.165, 1.54) is 12.3 Å². The predicted molar refractivity (Wildman–Crippen MR) is 124 cm³/mol. The number of hydrogen-bond donors (Lipinski definition) is 0. The van der Waals surface area contributed by atoms with Gasteiger partial charge in [-0.15, -0.1) is 0 Å². The molecule has 3 amide bonds. The maximum Gasteiger partial charge on any atom is 0.379 e. The Morgan fingerprint density at radius 1 is 1.12 bits per heavy atom. The Morgan fingerprint density at radius 3 is 2.62 bits per heavy atom. The molecule has 1 aromatic carbocycles. The molecule has 2 aliphatic rings. The van der Waals surface area contributed by atoms with Gasteiger partial charge in [0.1, 0.15) is 6.54 Å². The fourth-order valence-corrected chi connectivity index (χ4v) is 4.52. The Hall–Kier alpha value is -3.53. The molecule has 10 heteroatoms. The topological polar surface area (TPSA) is 106 Å². The van der Waals surface area contributed by atoms with Crippen LogP contribution >= 0.6 is 11.8 Å². The van der Waals surface area contributed by atoms with Crippen molar-refractivity contribution in [2.24, 2.45) is 0 Å². The van der Waals surface area contributed by atoms with E-state index in [9.17, 15) is 19.2 Å². The summed E-state index contributed by atoms with van der Waals surface area (Å²) in [7, 11) is 0. The van der Waals surface area contributed by atoms with Gasteiger partial charge in [0.25, 0.3) is 11.1 Å². The third kappa shape index (κ3) is 5.33. The summed E-state index contributed by atoms with van der Waals surface area (Å²) in [4.78, 5) is 52.9. The number of hydrogen-bond acceptors (Lipinski definition) is 8. The maximum absolute atomic E-state index is 12.8. The van der Waals surface area contributed by atoms with Gasteiger partial charge in [0.2, 0.25) is 11.7 Å². The lowest BCUT2D eigenvalue weighted by molar-refractivity contribution is -0.136. The number of nitrogens with zero attached hydrogens (tertiary/aromatic N) is 2. The Bertz CT molecular complexity index is 1120. The molecule has 34 heavy (non-hydrogen) atoms. The summed E-state index contributed by atoms with van der Waals surface area (Å²) < 4.78 is 16.0. The second kappa shape index (κ2) is 10.6. The highest BCUT2D eigenvalue weighted by Crippen LogP contribution is 2.35. The fraction of sp³-hybridized carbons (Fsp3) is 0.333. The third-order valence-electron chi connectivity index (χ3n) is 5.37. The van der Waals surface area contributed by atoms with Crippen molar-refractivity contribution >= 4 is 40.9 Å². The Balaban J connectivity index is 1.48. The van der Waals surface area contributed by atoms with Crippen molar-refractivity contribution in [2.75, 3.05) is 26.2 Å². The number of carbonyl (C=O) groups excluding carboxylic acids is 4. The lowest BCUT2D eigenvalue weighted by Gasteiger charge is -2.27. The molecule has 2 aromatic rings. The van der Waals surface area contributed by atoms with E-state index in [-0.39, 0.29) is 28.9 Å². The van der Waals surface area contributed by atoms with Crippen molar-refractivity contribution < 1.29 is 33.1 Å². The highest BCUT2D eigenvalue weighted by Gasteiger charge is 2.37. The summed E-state index contributed by atoms with van der Waals surface area (Å²) in [6.45, 7) is 3.16. The SMILES string of the molecule is CCOc1cc(/C=C2\SC(=O)N(CC(=O)N3CCCCC3)C2=O)ccc1OC(=O)c1ccco1. The number of rotatable bonds is 7. The van der Waals surface area contributed by atoms with E-state index in [0.717, 1.165) is 35.9 Å². The third-order valence-corrected chi connectivity index (χ3v) is 6.27. The second-order valence-corrected chi connectivity index (χ2v) is 8.71. The Kier molecular flexibility index (Phi) is 7.36. The van der Waals surface area contributed by atoms with Gasteiger partial charge in [-0.25, -0.2) is 4.79 Å². The average molecular weight is 485 g/mol. The average Bonchev–Trinajstić information content (AvgIpc) is 3.46. The molecule has 0 saturated carbocycles. The molecule has 0 radical (unpaired) electrons. The largest absolute Gasteiger partial charge is 0.490 e. The van der Waals surface area contributed by atoms with Gasteiger partial charge in [0.15, 0.2) is 11.5 Å². The Morgan fingerprint density at radius 2 is 1.91 bits per heavy atom. The predicted octanol–water partition coefficient (Wildman–Crippen LogP) is 3.95. The number of thioether (sulfide) groups is 1. The van der Waals surface area contributed by atoms with Crippen molar-refractivity contribution in [3.05, 3.63) is 52.8 Å². The van der Waals surface area contributed by atoms with Crippen molar-refractivity contribution in [2.45, 2.75) is 26.2 Å². The molecule has 9 nitrogen and oxygen atoms in total. The fourth-order valence-electron chi connectivity index (χ4n) is 3.68. The number of carbonyl (C=O) groups is 4. The van der Waals surface area contributed by atoms with Gasteiger partial charge >= 0.3 is 5.97 Å². The first-order valence-corrected chi connectivity index (χ1v) is 11.8. The summed E-state index contributed by atoms with van der Waals surface area (Å²) >= 11 is 0.787. The number of benzene rings is 1. The van der Waals surface area contributed by atoms with E-state index < -0.39 is 17.1 Å². The number of amides is 3. The molecule has 0 atom stereocenters. The van der Waals surface area contributed by atoms with Crippen molar-refractivity contribution in [1.82, 2.24) is 9.80 Å². The number of imide groups is 1. The number of esters is 1. The number of piperidine rings is 1. The van der Waals surface area contributed by atoms with Gasteiger partial charge in [-0.3, -0.25) is 19.3 Å². The highest BCUT2D eigenvalue weighted by molar-refractivity contribution is 8.18. The summed E-state index contributed by atoms with van der Waals surface area (Å²) in [5, 5.41) is -0.476. The van der Waals surface area contributed by atoms with Crippen LogP contribution in [0.15, 0.2) is 45.9 Å². The minimum absolute atomic E-state index is 0.0549. The first kappa shape index (κ1) is 23.6. The van der Waals surface area contributed by atoms with Gasteiger partial charge in [0.05, 0.1) is 17.8 Å². The van der Waals surface area contributed by atoms with Crippen LogP contribution in [0.2, 0.25) is 0 Å². The molecule has 3 heterocycles. The van der Waals surface area contributed by atoms with Gasteiger partial charge in [-0.1, -0.05) is 6.07 Å². The van der Waals surface area contributed by atoms with E-state index in [4.69, 9.17) is 13.9 Å². The normalized spacial score (nSPS) is 17.4. The minimum atomic E-state index is -0.668. The molecular weight excluding hydrogens is 460 g/mol. The molecule has 0 bridgehead atoms. The van der Waals surface area contributed by atoms with E-state index in [1.807, 2.05) is 0 Å². The van der Waals surface area contributed by atoms with E-state index in [0.29, 0.717) is 31.0 Å². The quantitative estimate of drug-likeness (QED) is 0.330. The van der Waals surface area contributed by atoms with E-state index in [2.05, 4.69) is 0 Å². The molecule has 0 aliphatic carbocycles. The molecular formula is C24H24N2O7S. The first-order chi connectivity index (χ1) is 16.5. The zero-order valence-electron chi connectivity index (χ0n) is 18.7. The summed E-state index contributed by atoms with van der Waals surface area (Å²) in [6, 6.07) is 7.86. The molecule has 1 aromatic heterocycles. The first-order valence-electron chi connectivity index (χ1n) is 11.0. The van der Waals surface area contributed by atoms with Crippen LogP contribution in [-0.4, -0.2) is 59.1 Å². The number of ether oxygens (including phenoxy) is 2. The highest BCUT2D eigenvalue weighted by atomic mass is 32.2. The molecule has 4 rings (SSSR count). The van der Waals surface area contributed by atoms with Gasteiger partial charge in [-0.05, 0) is 73.9 Å². The van der Waals surface area contributed by atoms with Gasteiger partial charge in [-0.2, -0.15) is 0 Å². The summed E-state index contributed by atoms with van der Waals surface area (Å²) in [5.41, 5.74) is 0.578. The van der Waals surface area contributed by atoms with Crippen molar-refractivity contribution in [3.63, 3.8) is 0 Å². The molecule has 0 N–H and O–H groups in total. The molecule has 2 aliphatic heterocycles. The van der Waals surface area contributed by atoms with Gasteiger partial charge < -0.3 is 18.8 Å². The monoisotopic (exact) mass is 484 g/mol. The molecule has 2 saturated heterocycles. The molecule has 0 unspecified atom stereocenters. The zero-order valence-corrected chi connectivity index (χ0v) is 19.5. The second-order valence-electron chi connectivity index (χ2n) is 7.72. The van der Waals surface area contributed by atoms with Crippen LogP contribution in [0.5, 0.6) is 11.5 Å². The van der Waals surface area contributed by atoms with E-state index in [1.54, 1.807) is 42.2 Å². The van der Waals surface area contributed by atoms with Crippen LogP contribution in [0, 0.1) is 0 Å². The van der Waals surface area contributed by atoms with Crippen LogP contribution < -0.4 is 9.47 Å². The standard InChI is InChI=1S/C24H24N2O7S/c1-2-31-19-13-16(8-9-17(19)33-23(29)18-7-6-12-32-18)14-20-22(28)26(24(30)34-20)15-21(27)25-10-4-3-5-11-25/h6-9,12-14H,2-5,10-11,15H2,1H3/b20-14-. The molecule has 0 spiro atoms. The molecule has 178 valence electrons. The Labute approximate surface area is 200 Å². The van der Waals surface area contributed by atoms with Gasteiger partial charge in [0, 0.05) is 13.1 Å². The molecule has 2 fully saturated rings. The lowest BCUT2D eigenvalue weighted by Crippen LogP contribution is -2.44. The van der Waals surface area contributed by atoms with Crippen LogP contribution in [0.1, 0.15) is 42.3 Å². The van der Waals surface area contributed by atoms with Crippen LogP contribution in [0.4, 0.5) is 4.79 Å². The van der Waals surface area contributed by atoms with E-state index >= 15 is 0 Å². The summed E-state index contributed by atoms with van der Waals surface area (Å²) in [6.07, 6.45) is 5.87. The number of likely N-dealkylation sites (tertiary alicyclic amines) is 1. The van der Waals surface area contributed by atoms with Crippen LogP contribution in [0.3, 0.4) is 0 Å². The van der Waals surface area contributed by atoms with Crippen molar-refractivity contribution in [3.8, 4) is 11.5 Å². The lowest BCUT2D eigenvalue weighted by atomic mass is 10.1. The smallest absolute Gasteiger partial charge is 0.379 e. The zero-order chi connectivity index (χ0) is 24.1. The summed E-state index contributed by atoms with van der Waals surface area (Å²) in [5.74, 6) is -0.843.